The Morgan fingerprint density at radius 2 is 0.810 bits per heavy atom. The van der Waals surface area contributed by atoms with Crippen LogP contribution >= 0.6 is 0 Å². The first-order valence-corrected chi connectivity index (χ1v) is 19.9. The molecule has 0 amide bonds. The van der Waals surface area contributed by atoms with Crippen molar-refractivity contribution in [3.8, 4) is 33.4 Å². The molecule has 1 N–H and O–H groups in total. The first-order valence-electron chi connectivity index (χ1n) is 19.9. The van der Waals surface area contributed by atoms with E-state index < -0.39 is 0 Å². The van der Waals surface area contributed by atoms with E-state index in [9.17, 15) is 0 Å². The lowest BCUT2D eigenvalue weighted by molar-refractivity contribution is 0.676. The van der Waals surface area contributed by atoms with Crippen molar-refractivity contribution in [3.63, 3.8) is 0 Å². The van der Waals surface area contributed by atoms with Crippen molar-refractivity contribution in [2.45, 2.75) is 6.17 Å². The van der Waals surface area contributed by atoms with Crippen molar-refractivity contribution in [2.75, 3.05) is 0 Å². The summed E-state index contributed by atoms with van der Waals surface area (Å²) < 4.78 is 0. The summed E-state index contributed by atoms with van der Waals surface area (Å²) in [5.41, 5.74) is 10.0. The number of benzene rings is 10. The van der Waals surface area contributed by atoms with E-state index in [0.717, 1.165) is 44.8 Å². The maximum Gasteiger partial charge on any atom is 0.159 e. The number of nitrogens with one attached hydrogen (secondary N) is 1. The van der Waals surface area contributed by atoms with Gasteiger partial charge in [0.25, 0.3) is 0 Å². The van der Waals surface area contributed by atoms with Crippen LogP contribution in [0.4, 0.5) is 0 Å². The Morgan fingerprint density at radius 1 is 0.328 bits per heavy atom. The molecule has 1 atom stereocenters. The minimum Gasteiger partial charge on any atom is -0.344 e. The summed E-state index contributed by atoms with van der Waals surface area (Å²) in [5, 5.41) is 13.9. The van der Waals surface area contributed by atoms with Crippen molar-refractivity contribution in [1.29, 1.82) is 0 Å². The highest BCUT2D eigenvalue weighted by Gasteiger charge is 2.24. The van der Waals surface area contributed by atoms with Crippen molar-refractivity contribution >= 4 is 54.8 Å². The third-order valence-electron chi connectivity index (χ3n) is 11.5. The molecular formula is C55H37N3. The van der Waals surface area contributed by atoms with Gasteiger partial charge in [0.2, 0.25) is 0 Å². The van der Waals surface area contributed by atoms with Crippen LogP contribution in [-0.2, 0) is 0 Å². The Kier molecular flexibility index (Phi) is 8.22. The number of amidine groups is 2. The number of aliphatic imine (C=N–C) groups is 2. The molecular weight excluding hydrogens is 703 g/mol. The molecule has 3 heteroatoms. The minimum atomic E-state index is -0.333. The molecule has 10 aromatic carbocycles. The topological polar surface area (TPSA) is 36.8 Å². The second-order valence-corrected chi connectivity index (χ2v) is 14.9. The smallest absolute Gasteiger partial charge is 0.159 e. The second-order valence-electron chi connectivity index (χ2n) is 14.9. The fourth-order valence-electron chi connectivity index (χ4n) is 8.81. The normalized spacial score (nSPS) is 14.0. The summed E-state index contributed by atoms with van der Waals surface area (Å²) in [6, 6.07) is 75.9. The first-order chi connectivity index (χ1) is 28.8. The summed E-state index contributed by atoms with van der Waals surface area (Å²) in [4.78, 5) is 10.5. The molecule has 58 heavy (non-hydrogen) atoms. The van der Waals surface area contributed by atoms with Gasteiger partial charge in [-0.15, -0.1) is 0 Å². The van der Waals surface area contributed by atoms with Gasteiger partial charge in [-0.05, 0) is 94.7 Å². The lowest BCUT2D eigenvalue weighted by atomic mass is 9.87. The molecule has 0 aliphatic carbocycles. The summed E-state index contributed by atoms with van der Waals surface area (Å²) in [5.74, 6) is 1.50. The quantitative estimate of drug-likeness (QED) is 0.169. The molecule has 11 rings (SSSR count). The van der Waals surface area contributed by atoms with Crippen LogP contribution in [0.15, 0.2) is 222 Å². The van der Waals surface area contributed by atoms with E-state index in [1.165, 1.54) is 54.2 Å². The van der Waals surface area contributed by atoms with Crippen LogP contribution in [0.2, 0.25) is 0 Å². The van der Waals surface area contributed by atoms with Gasteiger partial charge in [0, 0.05) is 16.7 Å². The van der Waals surface area contributed by atoms with E-state index in [1.807, 2.05) is 6.07 Å². The molecule has 1 aliphatic rings. The highest BCUT2D eigenvalue weighted by molar-refractivity contribution is 6.33. The maximum absolute atomic E-state index is 5.31. The average molecular weight is 740 g/mol. The summed E-state index contributed by atoms with van der Waals surface area (Å²) in [6.45, 7) is 0. The zero-order valence-electron chi connectivity index (χ0n) is 31.7. The third-order valence-corrected chi connectivity index (χ3v) is 11.5. The van der Waals surface area contributed by atoms with Gasteiger partial charge in [-0.2, -0.15) is 0 Å². The van der Waals surface area contributed by atoms with Gasteiger partial charge in [0.05, 0.1) is 0 Å². The van der Waals surface area contributed by atoms with E-state index in [-0.39, 0.29) is 6.17 Å². The van der Waals surface area contributed by atoms with Gasteiger partial charge in [-0.25, -0.2) is 9.98 Å². The number of hydrogen-bond acceptors (Lipinski definition) is 3. The number of rotatable bonds is 6. The van der Waals surface area contributed by atoms with Crippen LogP contribution in [-0.4, -0.2) is 11.7 Å². The largest absolute Gasteiger partial charge is 0.344 e. The Balaban J connectivity index is 1.04. The number of fused-ring (bicyclic) bond motifs is 8. The van der Waals surface area contributed by atoms with Crippen LogP contribution in [0, 0.1) is 0 Å². The van der Waals surface area contributed by atoms with Gasteiger partial charge in [0.15, 0.2) is 5.84 Å². The van der Waals surface area contributed by atoms with E-state index in [0.29, 0.717) is 5.84 Å². The molecule has 1 unspecified atom stereocenters. The molecule has 0 radical (unpaired) electrons. The minimum absolute atomic E-state index is 0.333. The van der Waals surface area contributed by atoms with Crippen molar-refractivity contribution in [3.05, 3.63) is 229 Å². The standard InChI is InChI=1S/C55H37N3/c1-3-17-36(18-4-1)42-25-7-14-32-49(42)55-57-53(37-19-5-2-6-20-37)56-54(58-55)41-24-16-22-39(34-41)38-21-15-23-40(33-38)50-35-51-45-28-9-8-26-43(45)44-27-10-12-30-47(44)52(51)48-31-13-11-29-46(48)50/h1-35,55H,(H,56,57,58). The molecule has 0 spiro atoms. The lowest BCUT2D eigenvalue weighted by Gasteiger charge is -2.25. The molecule has 10 aromatic rings. The van der Waals surface area contributed by atoms with Gasteiger partial charge >= 0.3 is 0 Å². The molecule has 0 saturated heterocycles. The molecule has 1 heterocycles. The molecule has 0 aromatic heterocycles. The highest BCUT2D eigenvalue weighted by Crippen LogP contribution is 2.43. The molecule has 0 saturated carbocycles. The van der Waals surface area contributed by atoms with Crippen LogP contribution in [0.5, 0.6) is 0 Å². The van der Waals surface area contributed by atoms with Gasteiger partial charge < -0.3 is 5.32 Å². The Morgan fingerprint density at radius 3 is 1.52 bits per heavy atom. The molecule has 3 nitrogen and oxygen atoms in total. The molecule has 1 aliphatic heterocycles. The van der Waals surface area contributed by atoms with E-state index >= 15 is 0 Å². The molecule has 272 valence electrons. The highest BCUT2D eigenvalue weighted by atomic mass is 15.2. The van der Waals surface area contributed by atoms with Gasteiger partial charge in [-0.1, -0.05) is 194 Å². The Bertz CT molecular complexity index is 3250. The Labute approximate surface area is 337 Å². The summed E-state index contributed by atoms with van der Waals surface area (Å²) >= 11 is 0. The zero-order chi connectivity index (χ0) is 38.4. The van der Waals surface area contributed by atoms with Crippen molar-refractivity contribution in [1.82, 2.24) is 5.32 Å². The van der Waals surface area contributed by atoms with Gasteiger partial charge in [-0.3, -0.25) is 0 Å². The number of nitrogens with zero attached hydrogens (tertiary/aromatic N) is 2. The fraction of sp³-hybridized carbons (Fsp3) is 0.0182. The third kappa shape index (κ3) is 5.84. The van der Waals surface area contributed by atoms with E-state index in [4.69, 9.17) is 9.98 Å². The first kappa shape index (κ1) is 33.7. The SMILES string of the molecule is c1ccc(C2=NC(c3cccc(-c4cccc(-c5cc6c7ccccc7c7ccccc7c6c6ccccc56)c4)c3)=NC(c3ccccc3-c3ccccc3)N2)cc1. The maximum atomic E-state index is 5.31. The lowest BCUT2D eigenvalue weighted by Crippen LogP contribution is -2.33. The predicted octanol–water partition coefficient (Wildman–Crippen LogP) is 13.8. The number of hydrogen-bond donors (Lipinski definition) is 1. The summed E-state index contributed by atoms with van der Waals surface area (Å²) in [7, 11) is 0. The summed E-state index contributed by atoms with van der Waals surface area (Å²) in [6.07, 6.45) is -0.333. The fourth-order valence-corrected chi connectivity index (χ4v) is 8.81. The second kappa shape index (κ2) is 14.1. The van der Waals surface area contributed by atoms with Crippen molar-refractivity contribution < 1.29 is 0 Å². The van der Waals surface area contributed by atoms with E-state index in [2.05, 4.69) is 212 Å². The van der Waals surface area contributed by atoms with Gasteiger partial charge in [0.1, 0.15) is 12.0 Å². The molecule has 0 fully saturated rings. The average Bonchev–Trinajstić information content (AvgIpc) is 3.31. The predicted molar refractivity (Wildman–Crippen MR) is 245 cm³/mol. The van der Waals surface area contributed by atoms with Crippen LogP contribution in [0.3, 0.4) is 0 Å². The Hall–Kier alpha value is -7.62. The van der Waals surface area contributed by atoms with Crippen LogP contribution in [0.1, 0.15) is 22.9 Å². The zero-order valence-corrected chi connectivity index (χ0v) is 31.7. The van der Waals surface area contributed by atoms with E-state index in [1.54, 1.807) is 0 Å². The monoisotopic (exact) mass is 739 g/mol. The molecule has 0 bridgehead atoms. The van der Waals surface area contributed by atoms with Crippen LogP contribution in [0.25, 0.3) is 76.5 Å². The van der Waals surface area contributed by atoms with Crippen LogP contribution < -0.4 is 5.32 Å². The van der Waals surface area contributed by atoms with Crippen molar-refractivity contribution in [2.24, 2.45) is 9.98 Å².